The van der Waals surface area contributed by atoms with Crippen molar-refractivity contribution in [3.05, 3.63) is 58.7 Å². The smallest absolute Gasteiger partial charge is 0.320 e. The molecule has 2 aliphatic rings. The molecule has 0 spiro atoms. The highest BCUT2D eigenvalue weighted by atomic mass is 19.1. The number of carbonyl (C=O) groups excluding carboxylic acids is 2. The van der Waals surface area contributed by atoms with Gasteiger partial charge in [-0.3, -0.25) is 9.78 Å². The van der Waals surface area contributed by atoms with Crippen LogP contribution >= 0.6 is 0 Å². The van der Waals surface area contributed by atoms with Crippen LogP contribution in [0.15, 0.2) is 30.3 Å². The molecule has 2 aromatic rings. The molecule has 1 aromatic heterocycles. The number of pyridine rings is 1. The standard InChI is InChI=1S/C30H41FN4O4/c1-3-18-39-19-14-32-29(36)21-27(23-11-13-28(38-2)25(31)20-23)35-17-16-34(30(35)37)15-6-8-24-12-10-22-7-4-5-9-26(22)33-24/h10-13,20,27H,3-9,14-19,21H2,1-2H3,(H,32,36)/t27-/m0/s1. The molecule has 2 heterocycles. The molecule has 1 aromatic carbocycles. The predicted molar refractivity (Wildman–Crippen MR) is 147 cm³/mol. The van der Waals surface area contributed by atoms with E-state index >= 15 is 0 Å². The maximum atomic E-state index is 14.6. The first-order valence-corrected chi connectivity index (χ1v) is 14.2. The summed E-state index contributed by atoms with van der Waals surface area (Å²) in [7, 11) is 1.41. The van der Waals surface area contributed by atoms with E-state index in [1.165, 1.54) is 43.3 Å². The second-order valence-corrected chi connectivity index (χ2v) is 10.3. The van der Waals surface area contributed by atoms with Gasteiger partial charge in [0.05, 0.1) is 26.2 Å². The Hall–Kier alpha value is -3.20. The summed E-state index contributed by atoms with van der Waals surface area (Å²) < 4.78 is 25.1. The molecule has 1 N–H and O–H groups in total. The van der Waals surface area contributed by atoms with Crippen LogP contribution < -0.4 is 10.1 Å². The molecular weight excluding hydrogens is 499 g/mol. The number of ether oxygens (including phenoxy) is 2. The number of benzene rings is 1. The van der Waals surface area contributed by atoms with Crippen molar-refractivity contribution in [1.82, 2.24) is 20.1 Å². The molecule has 0 bridgehead atoms. The van der Waals surface area contributed by atoms with Crippen molar-refractivity contribution in [3.63, 3.8) is 0 Å². The Morgan fingerprint density at radius 3 is 2.79 bits per heavy atom. The van der Waals surface area contributed by atoms with Crippen LogP contribution in [-0.2, 0) is 28.8 Å². The Bertz CT molecular complexity index is 1130. The third kappa shape index (κ3) is 7.68. The van der Waals surface area contributed by atoms with Gasteiger partial charge in [0, 0.05) is 44.2 Å². The van der Waals surface area contributed by atoms with Gasteiger partial charge < -0.3 is 24.6 Å². The maximum absolute atomic E-state index is 14.6. The van der Waals surface area contributed by atoms with Crippen molar-refractivity contribution in [3.8, 4) is 5.75 Å². The molecule has 8 nitrogen and oxygen atoms in total. The minimum absolute atomic E-state index is 0.0399. The first-order chi connectivity index (χ1) is 19.0. The summed E-state index contributed by atoms with van der Waals surface area (Å²) >= 11 is 0. The lowest BCUT2D eigenvalue weighted by Gasteiger charge is -2.28. The van der Waals surface area contributed by atoms with E-state index < -0.39 is 11.9 Å². The van der Waals surface area contributed by atoms with E-state index in [1.54, 1.807) is 11.0 Å². The normalized spacial score (nSPS) is 15.8. The van der Waals surface area contributed by atoms with E-state index in [-0.39, 0.29) is 24.1 Å². The van der Waals surface area contributed by atoms with Crippen LogP contribution in [0.4, 0.5) is 9.18 Å². The number of aryl methyl sites for hydroxylation is 3. The van der Waals surface area contributed by atoms with Crippen LogP contribution in [0.1, 0.15) is 67.6 Å². The molecule has 1 fully saturated rings. The number of methoxy groups -OCH3 is 1. The summed E-state index contributed by atoms with van der Waals surface area (Å²) in [5.41, 5.74) is 4.24. The van der Waals surface area contributed by atoms with Gasteiger partial charge in [0.1, 0.15) is 0 Å². The lowest BCUT2D eigenvalue weighted by molar-refractivity contribution is -0.122. The zero-order valence-electron chi connectivity index (χ0n) is 23.2. The van der Waals surface area contributed by atoms with Crippen LogP contribution in [0.5, 0.6) is 5.75 Å². The maximum Gasteiger partial charge on any atom is 0.320 e. The van der Waals surface area contributed by atoms with Gasteiger partial charge in [0.25, 0.3) is 0 Å². The van der Waals surface area contributed by atoms with Gasteiger partial charge in [0.2, 0.25) is 5.91 Å². The topological polar surface area (TPSA) is 84.0 Å². The molecule has 0 radical (unpaired) electrons. The Balaban J connectivity index is 1.37. The van der Waals surface area contributed by atoms with Crippen LogP contribution in [0, 0.1) is 5.82 Å². The molecule has 1 aliphatic carbocycles. The van der Waals surface area contributed by atoms with Crippen LogP contribution in [0.2, 0.25) is 0 Å². The van der Waals surface area contributed by atoms with Gasteiger partial charge in [-0.2, -0.15) is 0 Å². The number of halogens is 1. The van der Waals surface area contributed by atoms with Gasteiger partial charge in [-0.1, -0.05) is 19.1 Å². The van der Waals surface area contributed by atoms with Crippen molar-refractivity contribution >= 4 is 11.9 Å². The number of aromatic nitrogens is 1. The third-order valence-corrected chi connectivity index (χ3v) is 7.46. The molecule has 3 amide bonds. The van der Waals surface area contributed by atoms with E-state index in [4.69, 9.17) is 14.5 Å². The number of amides is 3. The zero-order valence-corrected chi connectivity index (χ0v) is 23.2. The van der Waals surface area contributed by atoms with Crippen molar-refractivity contribution in [1.29, 1.82) is 0 Å². The van der Waals surface area contributed by atoms with Gasteiger partial charge in [-0.15, -0.1) is 0 Å². The summed E-state index contributed by atoms with van der Waals surface area (Å²) in [6.07, 6.45) is 7.18. The van der Waals surface area contributed by atoms with Gasteiger partial charge in [0.15, 0.2) is 11.6 Å². The number of nitrogens with zero attached hydrogens (tertiary/aromatic N) is 3. The Kier molecular flexibility index (Phi) is 10.5. The van der Waals surface area contributed by atoms with E-state index in [2.05, 4.69) is 17.4 Å². The molecule has 1 atom stereocenters. The fourth-order valence-electron chi connectivity index (χ4n) is 5.37. The first kappa shape index (κ1) is 28.8. The molecule has 0 unspecified atom stereocenters. The van der Waals surface area contributed by atoms with E-state index in [1.807, 2.05) is 11.8 Å². The van der Waals surface area contributed by atoms with E-state index in [9.17, 15) is 14.0 Å². The molecule has 0 saturated carbocycles. The van der Waals surface area contributed by atoms with E-state index in [0.29, 0.717) is 45.0 Å². The second-order valence-electron chi connectivity index (χ2n) is 10.3. The summed E-state index contributed by atoms with van der Waals surface area (Å²) in [5, 5.41) is 2.86. The zero-order chi connectivity index (χ0) is 27.6. The minimum atomic E-state index is -0.582. The first-order valence-electron chi connectivity index (χ1n) is 14.2. The average Bonchev–Trinajstić information content (AvgIpc) is 3.31. The Labute approximate surface area is 230 Å². The van der Waals surface area contributed by atoms with E-state index in [0.717, 1.165) is 37.8 Å². The molecular formula is C30H41FN4O4. The fourth-order valence-corrected chi connectivity index (χ4v) is 5.37. The molecule has 212 valence electrons. The molecule has 39 heavy (non-hydrogen) atoms. The number of carbonyl (C=O) groups is 2. The van der Waals surface area contributed by atoms with Crippen LogP contribution in [0.3, 0.4) is 0 Å². The number of rotatable bonds is 14. The van der Waals surface area contributed by atoms with Crippen LogP contribution in [-0.4, -0.2) is 73.2 Å². The van der Waals surface area contributed by atoms with Gasteiger partial charge in [-0.25, -0.2) is 9.18 Å². The number of fused-ring (bicyclic) bond motifs is 1. The van der Waals surface area contributed by atoms with Gasteiger partial charge >= 0.3 is 6.03 Å². The summed E-state index contributed by atoms with van der Waals surface area (Å²) in [6.45, 7) is 5.14. The minimum Gasteiger partial charge on any atom is -0.494 e. The van der Waals surface area contributed by atoms with Crippen molar-refractivity contribution in [2.45, 2.75) is 64.3 Å². The third-order valence-electron chi connectivity index (χ3n) is 7.46. The highest BCUT2D eigenvalue weighted by Gasteiger charge is 2.35. The van der Waals surface area contributed by atoms with Crippen molar-refractivity contribution < 1.29 is 23.5 Å². The highest BCUT2D eigenvalue weighted by Crippen LogP contribution is 2.31. The molecule has 1 saturated heterocycles. The molecule has 4 rings (SSSR count). The summed E-state index contributed by atoms with van der Waals surface area (Å²) in [6, 6.07) is 8.23. The average molecular weight is 541 g/mol. The quantitative estimate of drug-likeness (QED) is 0.358. The van der Waals surface area contributed by atoms with Gasteiger partial charge in [-0.05, 0) is 74.3 Å². The summed E-state index contributed by atoms with van der Waals surface area (Å²) in [4.78, 5) is 34.6. The summed E-state index contributed by atoms with van der Waals surface area (Å²) in [5.74, 6) is -0.601. The Morgan fingerprint density at radius 1 is 1.15 bits per heavy atom. The lowest BCUT2D eigenvalue weighted by Crippen LogP contribution is -2.38. The number of nitrogens with one attached hydrogen (secondary N) is 1. The van der Waals surface area contributed by atoms with Crippen LogP contribution in [0.25, 0.3) is 0 Å². The number of urea groups is 1. The fraction of sp³-hybridized carbons (Fsp3) is 0.567. The highest BCUT2D eigenvalue weighted by molar-refractivity contribution is 5.80. The largest absolute Gasteiger partial charge is 0.494 e. The Morgan fingerprint density at radius 2 is 2.00 bits per heavy atom. The van der Waals surface area contributed by atoms with Crippen molar-refractivity contribution in [2.24, 2.45) is 0 Å². The van der Waals surface area contributed by atoms with Crippen molar-refractivity contribution in [2.75, 3.05) is 46.5 Å². The predicted octanol–water partition coefficient (Wildman–Crippen LogP) is 4.45. The lowest BCUT2D eigenvalue weighted by atomic mass is 9.95. The molecule has 9 heteroatoms. The molecule has 1 aliphatic heterocycles. The monoisotopic (exact) mass is 540 g/mol. The SMILES string of the molecule is CCCOCCNC(=O)C[C@@H](c1ccc(OC)c(F)c1)N1CCN(CCCc2ccc3c(n2)CCCC3)C1=O. The number of hydrogen-bond acceptors (Lipinski definition) is 5. The number of hydrogen-bond donors (Lipinski definition) is 1. The second kappa shape index (κ2) is 14.3.